The van der Waals surface area contributed by atoms with Crippen molar-refractivity contribution >= 4 is 17.7 Å². The third kappa shape index (κ3) is 5.23. The lowest BCUT2D eigenvalue weighted by Crippen LogP contribution is -2.44. The lowest BCUT2D eigenvalue weighted by atomic mass is 9.88. The molecule has 0 saturated heterocycles. The Balaban J connectivity index is 2.55. The summed E-state index contributed by atoms with van der Waals surface area (Å²) in [7, 11) is 0. The summed E-state index contributed by atoms with van der Waals surface area (Å²) in [5.74, 6) is 0.0325. The van der Waals surface area contributed by atoms with E-state index < -0.39 is 23.7 Å². The van der Waals surface area contributed by atoms with Crippen LogP contribution in [0, 0.1) is 19.3 Å². The van der Waals surface area contributed by atoms with Gasteiger partial charge in [-0.25, -0.2) is 0 Å². The monoisotopic (exact) mass is 339 g/mol. The first-order valence-electron chi connectivity index (χ1n) is 6.68. The van der Waals surface area contributed by atoms with E-state index in [1.165, 1.54) is 32.5 Å². The van der Waals surface area contributed by atoms with E-state index in [0.717, 1.165) is 5.56 Å². The van der Waals surface area contributed by atoms with Crippen LogP contribution in [0.2, 0.25) is 0 Å². The number of thioether (sulfide) groups is 1. The number of aryl methyl sites for hydroxylation is 2. The predicted octanol–water partition coefficient (Wildman–Crippen LogP) is 4.04. The molecule has 0 fully saturated rings. The fraction of sp³-hybridized carbons (Fsp3) is 0.714. The van der Waals surface area contributed by atoms with E-state index in [0.29, 0.717) is 17.2 Å². The van der Waals surface area contributed by atoms with Gasteiger partial charge in [0.1, 0.15) is 5.76 Å². The van der Waals surface area contributed by atoms with Crippen LogP contribution in [0.4, 0.5) is 13.2 Å². The molecule has 126 valence electrons. The number of rotatable bonds is 5. The highest BCUT2D eigenvalue weighted by molar-refractivity contribution is 7.99. The Kier molecular flexibility index (Phi) is 5.95. The third-order valence-corrected chi connectivity index (χ3v) is 3.91. The Labute approximate surface area is 131 Å². The zero-order valence-electron chi connectivity index (χ0n) is 13.2. The number of alkyl halides is 3. The largest absolute Gasteiger partial charge is 0.451 e. The van der Waals surface area contributed by atoms with Gasteiger partial charge in [-0.1, -0.05) is 25.9 Å². The molecule has 0 aliphatic rings. The maximum atomic E-state index is 12.9. The second kappa shape index (κ2) is 6.93. The number of halogens is 3. The van der Waals surface area contributed by atoms with Crippen LogP contribution in [0.1, 0.15) is 37.8 Å². The van der Waals surface area contributed by atoms with Crippen molar-refractivity contribution in [2.24, 2.45) is 5.41 Å². The molecule has 22 heavy (non-hydrogen) atoms. The third-order valence-electron chi connectivity index (χ3n) is 2.98. The molecule has 0 spiro atoms. The first-order chi connectivity index (χ1) is 9.93. The highest BCUT2D eigenvalue weighted by Gasteiger charge is 2.49. The topological polar surface area (TPSA) is 52.3 Å². The van der Waals surface area contributed by atoms with Crippen LogP contribution in [0.3, 0.4) is 0 Å². The van der Waals surface area contributed by atoms with E-state index in [1.807, 2.05) is 0 Å². The maximum Gasteiger partial charge on any atom is 0.426 e. The highest BCUT2D eigenvalue weighted by atomic mass is 32.2. The van der Waals surface area contributed by atoms with Gasteiger partial charge >= 0.3 is 12.1 Å². The molecule has 4 nitrogen and oxygen atoms in total. The smallest absolute Gasteiger partial charge is 0.426 e. The number of carbonyl (C=O) groups excluding carboxylic acids is 1. The van der Waals surface area contributed by atoms with Gasteiger partial charge < -0.3 is 9.26 Å². The Morgan fingerprint density at radius 3 is 2.32 bits per heavy atom. The van der Waals surface area contributed by atoms with Gasteiger partial charge in [0, 0.05) is 16.7 Å². The molecule has 1 heterocycles. The average molecular weight is 339 g/mol. The molecular formula is C14H20F3NO3S. The first-order valence-corrected chi connectivity index (χ1v) is 7.84. The number of esters is 1. The van der Waals surface area contributed by atoms with Crippen molar-refractivity contribution in [3.05, 3.63) is 17.0 Å². The van der Waals surface area contributed by atoms with Crippen LogP contribution in [0.25, 0.3) is 0 Å². The Morgan fingerprint density at radius 2 is 1.91 bits per heavy atom. The minimum atomic E-state index is -4.58. The molecule has 0 unspecified atom stereocenters. The Morgan fingerprint density at radius 1 is 1.32 bits per heavy atom. The molecule has 0 aromatic carbocycles. The number of aromatic nitrogens is 1. The molecule has 0 aliphatic carbocycles. The lowest BCUT2D eigenvalue weighted by Gasteiger charge is -2.31. The van der Waals surface area contributed by atoms with Gasteiger partial charge in [0.15, 0.2) is 0 Å². The zero-order chi connectivity index (χ0) is 17.1. The minimum Gasteiger partial charge on any atom is -0.451 e. The van der Waals surface area contributed by atoms with Crippen LogP contribution < -0.4 is 0 Å². The number of carbonyl (C=O) groups is 1. The molecule has 0 N–H and O–H groups in total. The zero-order valence-corrected chi connectivity index (χ0v) is 14.0. The van der Waals surface area contributed by atoms with Gasteiger partial charge in [0.25, 0.3) is 0 Å². The molecule has 0 radical (unpaired) electrons. The SMILES string of the molecule is Cc1noc(C)c1CSCC(=O)O[C@H](C(C)(C)C)C(F)(F)F. The summed E-state index contributed by atoms with van der Waals surface area (Å²) in [6.07, 6.45) is -6.70. The van der Waals surface area contributed by atoms with Gasteiger partial charge in [0.05, 0.1) is 11.4 Å². The highest BCUT2D eigenvalue weighted by Crippen LogP contribution is 2.36. The molecule has 0 amide bonds. The lowest BCUT2D eigenvalue weighted by molar-refractivity contribution is -0.243. The number of ether oxygens (including phenoxy) is 1. The van der Waals surface area contributed by atoms with Crippen LogP contribution in [-0.2, 0) is 15.3 Å². The van der Waals surface area contributed by atoms with Crippen molar-refractivity contribution in [3.63, 3.8) is 0 Å². The summed E-state index contributed by atoms with van der Waals surface area (Å²) in [5, 5.41) is 3.77. The van der Waals surface area contributed by atoms with Crippen molar-refractivity contribution in [1.29, 1.82) is 0 Å². The van der Waals surface area contributed by atoms with Crippen LogP contribution >= 0.6 is 11.8 Å². The van der Waals surface area contributed by atoms with E-state index in [1.54, 1.807) is 13.8 Å². The fourth-order valence-electron chi connectivity index (χ4n) is 1.84. The summed E-state index contributed by atoms with van der Waals surface area (Å²) in [6, 6.07) is 0. The van der Waals surface area contributed by atoms with Crippen molar-refractivity contribution in [2.75, 3.05) is 5.75 Å². The summed E-state index contributed by atoms with van der Waals surface area (Å²) in [5.41, 5.74) is 0.350. The fourth-order valence-corrected chi connectivity index (χ4v) is 2.80. The second-order valence-electron chi connectivity index (χ2n) is 6.07. The van der Waals surface area contributed by atoms with Crippen molar-refractivity contribution in [3.8, 4) is 0 Å². The van der Waals surface area contributed by atoms with Crippen LogP contribution in [0.5, 0.6) is 0 Å². The number of hydrogen-bond donors (Lipinski definition) is 0. The van der Waals surface area contributed by atoms with Gasteiger partial charge in [0.2, 0.25) is 6.10 Å². The maximum absolute atomic E-state index is 12.9. The number of nitrogens with zero attached hydrogens (tertiary/aromatic N) is 1. The summed E-state index contributed by atoms with van der Waals surface area (Å²) in [4.78, 5) is 11.7. The van der Waals surface area contributed by atoms with E-state index >= 15 is 0 Å². The second-order valence-corrected chi connectivity index (χ2v) is 7.06. The Hall–Kier alpha value is -1.18. The molecule has 0 bridgehead atoms. The molecule has 1 atom stereocenters. The molecule has 0 aliphatic heterocycles. The minimum absolute atomic E-state index is 0.160. The van der Waals surface area contributed by atoms with Gasteiger partial charge in [-0.05, 0) is 13.8 Å². The average Bonchev–Trinajstić information content (AvgIpc) is 2.64. The summed E-state index contributed by atoms with van der Waals surface area (Å²) >= 11 is 1.17. The molecule has 1 aromatic heterocycles. The van der Waals surface area contributed by atoms with E-state index in [9.17, 15) is 18.0 Å². The van der Waals surface area contributed by atoms with Gasteiger partial charge in [-0.2, -0.15) is 13.2 Å². The molecule has 1 aromatic rings. The van der Waals surface area contributed by atoms with Gasteiger partial charge in [-0.15, -0.1) is 11.8 Å². The molecular weight excluding hydrogens is 319 g/mol. The van der Waals surface area contributed by atoms with E-state index in [4.69, 9.17) is 4.52 Å². The Bertz CT molecular complexity index is 487. The van der Waals surface area contributed by atoms with E-state index in [-0.39, 0.29) is 5.75 Å². The molecule has 8 heteroatoms. The summed E-state index contributed by atoms with van der Waals surface area (Å²) in [6.45, 7) is 7.66. The predicted molar refractivity (Wildman–Crippen MR) is 77.5 cm³/mol. The normalized spacial score (nSPS) is 14.0. The van der Waals surface area contributed by atoms with Crippen LogP contribution in [0.15, 0.2) is 4.52 Å². The van der Waals surface area contributed by atoms with Crippen LogP contribution in [-0.4, -0.2) is 29.2 Å². The molecule has 1 rings (SSSR count). The van der Waals surface area contributed by atoms with Crippen molar-refractivity contribution in [2.45, 2.75) is 52.7 Å². The standard InChI is InChI=1S/C14H20F3NO3S/c1-8-10(9(2)21-18-8)6-22-7-11(19)20-12(13(3,4)5)14(15,16)17/h12H,6-7H2,1-5H3/t12-/m1/s1. The van der Waals surface area contributed by atoms with Crippen molar-refractivity contribution < 1.29 is 27.2 Å². The quantitative estimate of drug-likeness (QED) is 0.758. The summed E-state index contributed by atoms with van der Waals surface area (Å²) < 4.78 is 48.4. The molecule has 0 saturated carbocycles. The van der Waals surface area contributed by atoms with E-state index in [2.05, 4.69) is 9.89 Å². The van der Waals surface area contributed by atoms with Crippen molar-refractivity contribution in [1.82, 2.24) is 5.16 Å². The van der Waals surface area contributed by atoms with Gasteiger partial charge in [-0.3, -0.25) is 4.79 Å². The number of hydrogen-bond acceptors (Lipinski definition) is 5. The first kappa shape index (κ1) is 18.9.